The third-order valence-electron chi connectivity index (χ3n) is 3.41. The van der Waals surface area contributed by atoms with Crippen molar-refractivity contribution >= 4 is 17.3 Å². The van der Waals surface area contributed by atoms with E-state index >= 15 is 0 Å². The second-order valence-corrected chi connectivity index (χ2v) is 4.82. The van der Waals surface area contributed by atoms with Crippen LogP contribution >= 0.6 is 0 Å². The highest BCUT2D eigenvalue weighted by molar-refractivity contribution is 5.99. The van der Waals surface area contributed by atoms with Gasteiger partial charge in [0.25, 0.3) is 5.69 Å². The first-order chi connectivity index (χ1) is 9.96. The third-order valence-corrected chi connectivity index (χ3v) is 3.41. The molecule has 21 heavy (non-hydrogen) atoms. The Labute approximate surface area is 120 Å². The van der Waals surface area contributed by atoms with Crippen molar-refractivity contribution in [2.24, 2.45) is 5.73 Å². The summed E-state index contributed by atoms with van der Waals surface area (Å²) in [5.74, 6) is -0.487. The van der Waals surface area contributed by atoms with Gasteiger partial charge in [-0.3, -0.25) is 14.9 Å². The topological polar surface area (TPSA) is 131 Å². The lowest BCUT2D eigenvalue weighted by molar-refractivity contribution is -0.384. The molecule has 0 bridgehead atoms. The van der Waals surface area contributed by atoms with Gasteiger partial charge in [-0.15, -0.1) is 0 Å². The molecule has 8 nitrogen and oxygen atoms in total. The van der Waals surface area contributed by atoms with Crippen molar-refractivity contribution in [3.63, 3.8) is 0 Å². The van der Waals surface area contributed by atoms with Crippen LogP contribution in [-0.2, 0) is 9.53 Å². The molecule has 0 aliphatic carbocycles. The number of ether oxygens (including phenoxy) is 1. The van der Waals surface area contributed by atoms with Crippen LogP contribution in [0.2, 0.25) is 0 Å². The van der Waals surface area contributed by atoms with Gasteiger partial charge >= 0.3 is 0 Å². The van der Waals surface area contributed by atoms with Gasteiger partial charge in [0.05, 0.1) is 16.6 Å². The Bertz CT molecular complexity index is 617. The van der Waals surface area contributed by atoms with E-state index in [1.54, 1.807) is 0 Å². The number of hydrogen-bond acceptors (Lipinski definition) is 6. The molecule has 0 atom stereocenters. The van der Waals surface area contributed by atoms with Gasteiger partial charge in [0.15, 0.2) is 0 Å². The van der Waals surface area contributed by atoms with Crippen LogP contribution in [0.15, 0.2) is 18.2 Å². The number of nitrogens with two attached hydrogens (primary N) is 1. The molecule has 0 aromatic heterocycles. The van der Waals surface area contributed by atoms with Crippen LogP contribution in [0.25, 0.3) is 0 Å². The van der Waals surface area contributed by atoms with E-state index in [1.807, 2.05) is 6.07 Å². The molecule has 1 aromatic carbocycles. The Morgan fingerprint density at radius 3 is 2.71 bits per heavy atom. The summed E-state index contributed by atoms with van der Waals surface area (Å²) in [6.45, 7) is 0.749. The maximum absolute atomic E-state index is 12.2. The highest BCUT2D eigenvalue weighted by Gasteiger charge is 2.36. The zero-order chi connectivity index (χ0) is 15.5. The van der Waals surface area contributed by atoms with Crippen molar-refractivity contribution in [2.75, 3.05) is 18.5 Å². The average molecular weight is 290 g/mol. The standard InChI is InChI=1S/C13H14N4O4/c14-8-9-1-2-10(11(7-9)17(19)20)16-12(18)13(15)3-5-21-6-4-13/h1-2,7H,3-6,15H2,(H,16,18). The molecule has 1 aliphatic heterocycles. The summed E-state index contributed by atoms with van der Waals surface area (Å²) in [4.78, 5) is 22.6. The molecule has 0 saturated carbocycles. The first-order valence-corrected chi connectivity index (χ1v) is 6.33. The molecule has 0 unspecified atom stereocenters. The first kappa shape index (κ1) is 14.9. The zero-order valence-corrected chi connectivity index (χ0v) is 11.2. The minimum atomic E-state index is -1.10. The number of anilines is 1. The van der Waals surface area contributed by atoms with E-state index in [0.29, 0.717) is 26.1 Å². The molecule has 0 spiro atoms. The maximum Gasteiger partial charge on any atom is 0.294 e. The summed E-state index contributed by atoms with van der Waals surface area (Å²) in [5.41, 5.74) is 4.76. The summed E-state index contributed by atoms with van der Waals surface area (Å²) < 4.78 is 5.15. The molecule has 1 aromatic rings. The fourth-order valence-corrected chi connectivity index (χ4v) is 2.07. The molecule has 8 heteroatoms. The lowest BCUT2D eigenvalue weighted by Crippen LogP contribution is -2.54. The van der Waals surface area contributed by atoms with Gasteiger partial charge in [-0.2, -0.15) is 5.26 Å². The van der Waals surface area contributed by atoms with Crippen molar-refractivity contribution in [3.8, 4) is 6.07 Å². The number of nitrogens with zero attached hydrogens (tertiary/aromatic N) is 2. The lowest BCUT2D eigenvalue weighted by Gasteiger charge is -2.31. The number of nitro groups is 1. The first-order valence-electron chi connectivity index (χ1n) is 6.33. The molecule has 0 radical (unpaired) electrons. The van der Waals surface area contributed by atoms with Gasteiger partial charge in [-0.25, -0.2) is 0 Å². The second kappa shape index (κ2) is 5.87. The predicted molar refractivity (Wildman–Crippen MR) is 73.4 cm³/mol. The molecule has 1 saturated heterocycles. The van der Waals surface area contributed by atoms with E-state index in [0.717, 1.165) is 6.07 Å². The van der Waals surface area contributed by atoms with Crippen molar-refractivity contribution in [3.05, 3.63) is 33.9 Å². The molecular formula is C13H14N4O4. The number of amides is 1. The molecule has 1 heterocycles. The number of rotatable bonds is 3. The average Bonchev–Trinajstić information content (AvgIpc) is 2.48. The normalized spacial score (nSPS) is 16.8. The highest BCUT2D eigenvalue weighted by Crippen LogP contribution is 2.27. The number of hydrogen-bond donors (Lipinski definition) is 2. The van der Waals surface area contributed by atoms with E-state index in [9.17, 15) is 14.9 Å². The van der Waals surface area contributed by atoms with Crippen LogP contribution in [0, 0.1) is 21.4 Å². The van der Waals surface area contributed by atoms with Gasteiger partial charge in [0.2, 0.25) is 5.91 Å². The van der Waals surface area contributed by atoms with Gasteiger partial charge < -0.3 is 15.8 Å². The summed E-state index contributed by atoms with van der Waals surface area (Å²) in [6, 6.07) is 5.66. The van der Waals surface area contributed by atoms with E-state index in [2.05, 4.69) is 5.32 Å². The Hall–Kier alpha value is -2.50. The molecule has 2 rings (SSSR count). The fraction of sp³-hybridized carbons (Fsp3) is 0.385. The number of benzene rings is 1. The van der Waals surface area contributed by atoms with Crippen LogP contribution < -0.4 is 11.1 Å². The van der Waals surface area contributed by atoms with Crippen LogP contribution in [0.3, 0.4) is 0 Å². The lowest BCUT2D eigenvalue weighted by atomic mass is 9.90. The molecule has 3 N–H and O–H groups in total. The molecule has 1 fully saturated rings. The molecule has 1 amide bonds. The predicted octanol–water partition coefficient (Wildman–Crippen LogP) is 0.913. The molecule has 1 aliphatic rings. The largest absolute Gasteiger partial charge is 0.381 e. The monoisotopic (exact) mass is 290 g/mol. The molecule has 110 valence electrons. The Morgan fingerprint density at radius 1 is 1.48 bits per heavy atom. The molecular weight excluding hydrogens is 276 g/mol. The summed E-state index contributed by atoms with van der Waals surface area (Å²) in [6.07, 6.45) is 0.700. The van der Waals surface area contributed by atoms with Gasteiger partial charge in [0.1, 0.15) is 11.2 Å². The van der Waals surface area contributed by atoms with Gasteiger partial charge in [-0.1, -0.05) is 0 Å². The fourth-order valence-electron chi connectivity index (χ4n) is 2.07. The van der Waals surface area contributed by atoms with Crippen LogP contribution in [0.4, 0.5) is 11.4 Å². The van der Waals surface area contributed by atoms with E-state index in [-0.39, 0.29) is 16.9 Å². The van der Waals surface area contributed by atoms with E-state index in [1.165, 1.54) is 12.1 Å². The second-order valence-electron chi connectivity index (χ2n) is 4.82. The van der Waals surface area contributed by atoms with E-state index in [4.69, 9.17) is 15.7 Å². The number of carbonyl (C=O) groups is 1. The number of nitriles is 1. The minimum Gasteiger partial charge on any atom is -0.381 e. The number of carbonyl (C=O) groups excluding carboxylic acids is 1. The van der Waals surface area contributed by atoms with Crippen LogP contribution in [-0.4, -0.2) is 29.6 Å². The third kappa shape index (κ3) is 3.16. The van der Waals surface area contributed by atoms with Crippen LogP contribution in [0.5, 0.6) is 0 Å². The summed E-state index contributed by atoms with van der Waals surface area (Å²) in [7, 11) is 0. The summed E-state index contributed by atoms with van der Waals surface area (Å²) >= 11 is 0. The highest BCUT2D eigenvalue weighted by atomic mass is 16.6. The maximum atomic E-state index is 12.2. The SMILES string of the molecule is N#Cc1ccc(NC(=O)C2(N)CCOCC2)c([N+](=O)[O-])c1. The Morgan fingerprint density at radius 2 is 2.14 bits per heavy atom. The zero-order valence-electron chi connectivity index (χ0n) is 11.2. The summed E-state index contributed by atoms with van der Waals surface area (Å²) in [5, 5.41) is 22.3. The minimum absolute atomic E-state index is 0.0281. The van der Waals surface area contributed by atoms with Gasteiger partial charge in [-0.05, 0) is 25.0 Å². The smallest absolute Gasteiger partial charge is 0.294 e. The Balaban J connectivity index is 2.25. The number of nitro benzene ring substituents is 1. The van der Waals surface area contributed by atoms with Crippen molar-refractivity contribution in [1.29, 1.82) is 5.26 Å². The number of nitrogens with one attached hydrogen (secondary N) is 1. The van der Waals surface area contributed by atoms with Crippen molar-refractivity contribution < 1.29 is 14.5 Å². The Kier molecular flexibility index (Phi) is 4.16. The quantitative estimate of drug-likeness (QED) is 0.628. The van der Waals surface area contributed by atoms with Gasteiger partial charge in [0, 0.05) is 19.3 Å². The van der Waals surface area contributed by atoms with Crippen LogP contribution in [0.1, 0.15) is 18.4 Å². The van der Waals surface area contributed by atoms with Crippen molar-refractivity contribution in [1.82, 2.24) is 0 Å². The van der Waals surface area contributed by atoms with E-state index < -0.39 is 16.4 Å². The van der Waals surface area contributed by atoms with Crippen molar-refractivity contribution in [2.45, 2.75) is 18.4 Å².